The summed E-state index contributed by atoms with van der Waals surface area (Å²) in [4.78, 5) is 23.0. The van der Waals surface area contributed by atoms with Gasteiger partial charge >= 0.3 is 24.3 Å². The molecule has 0 amide bonds. The Morgan fingerprint density at radius 1 is 0.692 bits per heavy atom. The molecule has 140 valence electrons. The van der Waals surface area contributed by atoms with Crippen LogP contribution in [0.1, 0.15) is 0 Å². The van der Waals surface area contributed by atoms with Crippen molar-refractivity contribution in [2.24, 2.45) is 10.8 Å². The number of carboxylic acids is 2. The molecule has 2 rings (SSSR count). The Morgan fingerprint density at radius 3 is 1.23 bits per heavy atom. The number of halogens is 6. The summed E-state index contributed by atoms with van der Waals surface area (Å²) < 4.78 is 81.8. The second kappa shape index (κ2) is 5.89. The van der Waals surface area contributed by atoms with Gasteiger partial charge in [0.1, 0.15) is 0 Å². The van der Waals surface area contributed by atoms with Gasteiger partial charge in [0.2, 0.25) is 10.8 Å². The van der Waals surface area contributed by atoms with E-state index in [0.29, 0.717) is 12.2 Å². The number of carboxylic acid groups (broad SMARTS) is 2. The minimum absolute atomic E-state index is 0.187. The Morgan fingerprint density at radius 2 is 1.00 bits per heavy atom. The SMILES string of the molecule is O=C(O)C1(C(F)(F)F)C=CC=C/C1=C1/C=CC=CC1(C(=O)O)C(F)(F)F. The Labute approximate surface area is 142 Å². The summed E-state index contributed by atoms with van der Waals surface area (Å²) in [6, 6.07) is 0. The molecule has 0 fully saturated rings. The Bertz CT molecular complexity index is 731. The zero-order chi connectivity index (χ0) is 20.0. The monoisotopic (exact) mass is 380 g/mol. The van der Waals surface area contributed by atoms with E-state index >= 15 is 0 Å². The molecule has 0 radical (unpaired) electrons. The maximum absolute atomic E-state index is 13.6. The summed E-state index contributed by atoms with van der Waals surface area (Å²) in [5.41, 5.74) is -10.3. The average Bonchev–Trinajstić information content (AvgIpc) is 2.52. The van der Waals surface area contributed by atoms with Crippen molar-refractivity contribution in [2.75, 3.05) is 0 Å². The molecule has 4 nitrogen and oxygen atoms in total. The van der Waals surface area contributed by atoms with Gasteiger partial charge in [-0.25, -0.2) is 0 Å². The molecule has 0 saturated heterocycles. The standard InChI is InChI=1S/C16H10F6O4/c17-15(18,19)13(11(23)24)7-3-1-5-9(13)10-6-2-4-8-14(10,12(25)26)16(20,21)22/h1-8H,(H,23,24)(H,25,26)/b10-9+. The van der Waals surface area contributed by atoms with E-state index in [0.717, 1.165) is 24.3 Å². The first-order valence-electron chi connectivity index (χ1n) is 6.89. The predicted molar refractivity (Wildman–Crippen MR) is 75.8 cm³/mol. The van der Waals surface area contributed by atoms with Crippen molar-refractivity contribution in [3.8, 4) is 0 Å². The Kier molecular flexibility index (Phi) is 4.43. The quantitative estimate of drug-likeness (QED) is 0.715. The summed E-state index contributed by atoms with van der Waals surface area (Å²) in [6.45, 7) is 0. The lowest BCUT2D eigenvalue weighted by Gasteiger charge is -2.38. The van der Waals surface area contributed by atoms with E-state index < -0.39 is 46.3 Å². The summed E-state index contributed by atoms with van der Waals surface area (Å²) in [5.74, 6) is -4.95. The molecular weight excluding hydrogens is 370 g/mol. The van der Waals surface area contributed by atoms with Crippen molar-refractivity contribution in [2.45, 2.75) is 12.4 Å². The molecule has 0 spiro atoms. The fourth-order valence-electron chi connectivity index (χ4n) is 2.86. The van der Waals surface area contributed by atoms with Crippen LogP contribution in [0.5, 0.6) is 0 Å². The second-order valence-electron chi connectivity index (χ2n) is 5.49. The van der Waals surface area contributed by atoms with Crippen molar-refractivity contribution >= 4 is 11.9 Å². The van der Waals surface area contributed by atoms with Crippen LogP contribution in [-0.4, -0.2) is 34.5 Å². The molecule has 0 aromatic heterocycles. The lowest BCUT2D eigenvalue weighted by molar-refractivity contribution is -0.213. The number of hydrogen-bond donors (Lipinski definition) is 2. The molecule has 0 saturated carbocycles. The molecule has 0 aliphatic heterocycles. The van der Waals surface area contributed by atoms with Crippen LogP contribution in [0.25, 0.3) is 0 Å². The summed E-state index contributed by atoms with van der Waals surface area (Å²) >= 11 is 0. The predicted octanol–water partition coefficient (Wildman–Crippen LogP) is 3.80. The number of alkyl halides is 6. The average molecular weight is 380 g/mol. The van der Waals surface area contributed by atoms with E-state index in [9.17, 15) is 46.1 Å². The van der Waals surface area contributed by atoms with E-state index in [1.54, 1.807) is 0 Å². The van der Waals surface area contributed by atoms with Crippen molar-refractivity contribution in [1.29, 1.82) is 0 Å². The normalized spacial score (nSPS) is 31.3. The molecular formula is C16H10F6O4. The highest BCUT2D eigenvalue weighted by Gasteiger charge is 2.67. The highest BCUT2D eigenvalue weighted by atomic mass is 19.4. The van der Waals surface area contributed by atoms with E-state index in [4.69, 9.17) is 0 Å². The maximum Gasteiger partial charge on any atom is 0.412 e. The fourth-order valence-corrected chi connectivity index (χ4v) is 2.86. The highest BCUT2D eigenvalue weighted by Crippen LogP contribution is 2.55. The van der Waals surface area contributed by atoms with Crippen LogP contribution in [0.15, 0.2) is 59.8 Å². The largest absolute Gasteiger partial charge is 0.480 e. The maximum atomic E-state index is 13.6. The Hall–Kier alpha value is -2.78. The first-order chi connectivity index (χ1) is 11.8. The fraction of sp³-hybridized carbons (Fsp3) is 0.250. The third-order valence-corrected chi connectivity index (χ3v) is 4.15. The number of carbonyl (C=O) groups is 2. The van der Waals surface area contributed by atoms with Gasteiger partial charge in [0, 0.05) is 0 Å². The van der Waals surface area contributed by atoms with Gasteiger partial charge in [-0.3, -0.25) is 9.59 Å². The third kappa shape index (κ3) is 2.47. The lowest BCUT2D eigenvalue weighted by Crippen LogP contribution is -2.50. The van der Waals surface area contributed by atoms with Crippen LogP contribution in [0.4, 0.5) is 26.3 Å². The third-order valence-electron chi connectivity index (χ3n) is 4.15. The van der Waals surface area contributed by atoms with Gasteiger partial charge in [-0.2, -0.15) is 26.3 Å². The van der Waals surface area contributed by atoms with Crippen LogP contribution in [0.2, 0.25) is 0 Å². The number of hydrogen-bond acceptors (Lipinski definition) is 2. The molecule has 0 bridgehead atoms. The van der Waals surface area contributed by atoms with Gasteiger partial charge in [-0.15, -0.1) is 0 Å². The van der Waals surface area contributed by atoms with E-state index in [1.807, 2.05) is 0 Å². The molecule has 26 heavy (non-hydrogen) atoms. The second-order valence-corrected chi connectivity index (χ2v) is 5.49. The first-order valence-corrected chi connectivity index (χ1v) is 6.89. The topological polar surface area (TPSA) is 74.6 Å². The molecule has 0 aromatic rings. The van der Waals surface area contributed by atoms with Crippen molar-refractivity contribution in [3.05, 3.63) is 59.8 Å². The zero-order valence-corrected chi connectivity index (χ0v) is 12.6. The van der Waals surface area contributed by atoms with Crippen molar-refractivity contribution in [1.82, 2.24) is 0 Å². The highest BCUT2D eigenvalue weighted by molar-refractivity contribution is 5.89. The molecule has 10 heteroatoms. The van der Waals surface area contributed by atoms with E-state index in [1.165, 1.54) is 0 Å². The van der Waals surface area contributed by atoms with Crippen LogP contribution in [0.3, 0.4) is 0 Å². The van der Waals surface area contributed by atoms with Crippen molar-refractivity contribution < 1.29 is 46.1 Å². The molecule has 2 unspecified atom stereocenters. The molecule has 2 aliphatic carbocycles. The molecule has 0 heterocycles. The van der Waals surface area contributed by atoms with Crippen LogP contribution < -0.4 is 0 Å². The van der Waals surface area contributed by atoms with Gasteiger partial charge in [-0.1, -0.05) is 48.6 Å². The lowest BCUT2D eigenvalue weighted by atomic mass is 9.66. The van der Waals surface area contributed by atoms with E-state index in [2.05, 4.69) is 0 Å². The van der Waals surface area contributed by atoms with Gasteiger partial charge in [0.25, 0.3) is 0 Å². The van der Waals surface area contributed by atoms with E-state index in [-0.39, 0.29) is 12.2 Å². The molecule has 2 N–H and O–H groups in total. The zero-order valence-electron chi connectivity index (χ0n) is 12.6. The molecule has 0 aromatic carbocycles. The minimum Gasteiger partial charge on any atom is -0.480 e. The number of aliphatic carboxylic acids is 2. The van der Waals surface area contributed by atoms with Gasteiger partial charge < -0.3 is 10.2 Å². The number of rotatable bonds is 2. The Balaban J connectivity index is 3.00. The smallest absolute Gasteiger partial charge is 0.412 e. The van der Waals surface area contributed by atoms with Gasteiger partial charge in [0.05, 0.1) is 0 Å². The first kappa shape index (κ1) is 19.5. The van der Waals surface area contributed by atoms with Crippen molar-refractivity contribution in [3.63, 3.8) is 0 Å². The molecule has 2 aliphatic rings. The van der Waals surface area contributed by atoms with Crippen LogP contribution in [-0.2, 0) is 9.59 Å². The summed E-state index contributed by atoms with van der Waals surface area (Å²) in [7, 11) is 0. The summed E-state index contributed by atoms with van der Waals surface area (Å²) in [6.07, 6.45) is -6.34. The van der Waals surface area contributed by atoms with Gasteiger partial charge in [-0.05, 0) is 11.1 Å². The van der Waals surface area contributed by atoms with Gasteiger partial charge in [0.15, 0.2) is 0 Å². The molecule has 2 atom stereocenters. The summed E-state index contributed by atoms with van der Waals surface area (Å²) in [5, 5.41) is 18.5. The minimum atomic E-state index is -5.52. The number of allylic oxidation sites excluding steroid dienone is 6. The van der Waals surface area contributed by atoms with Crippen LogP contribution in [0, 0.1) is 10.8 Å². The van der Waals surface area contributed by atoms with Crippen LogP contribution >= 0.6 is 0 Å².